The van der Waals surface area contributed by atoms with Gasteiger partial charge in [-0.25, -0.2) is 0 Å². The fourth-order valence-electron chi connectivity index (χ4n) is 2.81. The molecule has 0 saturated carbocycles. The Labute approximate surface area is 157 Å². The molecule has 0 aromatic heterocycles. The number of amides is 1. The van der Waals surface area contributed by atoms with E-state index in [4.69, 9.17) is 4.74 Å². The normalized spacial score (nSPS) is 17.7. The lowest BCUT2D eigenvalue weighted by molar-refractivity contribution is -0.129. The first-order chi connectivity index (χ1) is 10.6. The Morgan fingerprint density at radius 3 is 2.70 bits per heavy atom. The first-order valence-electron chi connectivity index (χ1n) is 8.45. The minimum Gasteiger partial charge on any atom is -0.383 e. The molecule has 1 rings (SSSR count). The average molecular weight is 440 g/mol. The predicted octanol–water partition coefficient (Wildman–Crippen LogP) is 1.99. The van der Waals surface area contributed by atoms with Gasteiger partial charge >= 0.3 is 0 Å². The summed E-state index contributed by atoms with van der Waals surface area (Å²) >= 11 is 0. The number of carbonyl (C=O) groups is 1. The molecule has 0 radical (unpaired) electrons. The van der Waals surface area contributed by atoms with Gasteiger partial charge < -0.3 is 20.3 Å². The van der Waals surface area contributed by atoms with Gasteiger partial charge in [0, 0.05) is 45.2 Å². The molecule has 1 saturated heterocycles. The van der Waals surface area contributed by atoms with Crippen LogP contribution in [-0.4, -0.2) is 62.2 Å². The van der Waals surface area contributed by atoms with Crippen molar-refractivity contribution in [2.45, 2.75) is 58.5 Å². The van der Waals surface area contributed by atoms with Crippen molar-refractivity contribution in [1.29, 1.82) is 0 Å². The zero-order valence-electron chi connectivity index (χ0n) is 14.9. The predicted molar refractivity (Wildman–Crippen MR) is 106 cm³/mol. The topological polar surface area (TPSA) is 66.0 Å². The summed E-state index contributed by atoms with van der Waals surface area (Å²) in [6.45, 7) is 9.35. The van der Waals surface area contributed by atoms with Gasteiger partial charge in [-0.3, -0.25) is 9.79 Å². The third-order valence-corrected chi connectivity index (χ3v) is 3.90. The summed E-state index contributed by atoms with van der Waals surface area (Å²) in [4.78, 5) is 18.5. The van der Waals surface area contributed by atoms with Gasteiger partial charge in [-0.2, -0.15) is 0 Å². The number of methoxy groups -OCH3 is 1. The molecule has 1 heterocycles. The quantitative estimate of drug-likeness (QED) is 0.327. The molecule has 1 fully saturated rings. The molecule has 0 bridgehead atoms. The molecular weight excluding hydrogens is 407 g/mol. The molecule has 23 heavy (non-hydrogen) atoms. The molecule has 7 heteroatoms. The Hall–Kier alpha value is -0.570. The van der Waals surface area contributed by atoms with Crippen LogP contribution in [0.2, 0.25) is 0 Å². The Balaban J connectivity index is 0.00000484. The number of likely N-dealkylation sites (tertiary alicyclic amines) is 1. The van der Waals surface area contributed by atoms with Crippen molar-refractivity contribution in [3.63, 3.8) is 0 Å². The number of rotatable bonds is 9. The van der Waals surface area contributed by atoms with Crippen molar-refractivity contribution in [2.75, 3.05) is 33.4 Å². The third kappa shape index (κ3) is 8.19. The first-order valence-corrected chi connectivity index (χ1v) is 8.45. The smallest absolute Gasteiger partial charge is 0.222 e. The number of guanidine groups is 1. The standard InChI is InChI=1S/C16H32N4O2.HI/c1-5-14(20-11-7-8-15(20)21)9-10-18-16(17-6-2)19-13(3)12-22-4;/h13-14H,5-12H2,1-4H3,(H2,17,18,19);1H. The monoisotopic (exact) mass is 440 g/mol. The second kappa shape index (κ2) is 12.8. The lowest BCUT2D eigenvalue weighted by atomic mass is 10.1. The van der Waals surface area contributed by atoms with E-state index in [1.54, 1.807) is 7.11 Å². The molecular formula is C16H33IN4O2. The molecule has 0 aliphatic carbocycles. The van der Waals surface area contributed by atoms with Crippen molar-refractivity contribution >= 4 is 35.8 Å². The highest BCUT2D eigenvalue weighted by molar-refractivity contribution is 14.0. The zero-order chi connectivity index (χ0) is 16.4. The summed E-state index contributed by atoms with van der Waals surface area (Å²) in [5.74, 6) is 1.12. The summed E-state index contributed by atoms with van der Waals surface area (Å²) < 4.78 is 5.13. The molecule has 2 atom stereocenters. The van der Waals surface area contributed by atoms with Gasteiger partial charge in [-0.05, 0) is 33.1 Å². The van der Waals surface area contributed by atoms with E-state index in [9.17, 15) is 4.79 Å². The Bertz CT molecular complexity index is 366. The minimum absolute atomic E-state index is 0. The molecule has 0 spiro atoms. The number of nitrogens with one attached hydrogen (secondary N) is 2. The maximum absolute atomic E-state index is 11.8. The van der Waals surface area contributed by atoms with Crippen LogP contribution in [0.15, 0.2) is 4.99 Å². The molecule has 1 amide bonds. The van der Waals surface area contributed by atoms with Crippen LogP contribution in [0.25, 0.3) is 0 Å². The Morgan fingerprint density at radius 2 is 2.17 bits per heavy atom. The van der Waals surface area contributed by atoms with Crippen LogP contribution in [0.5, 0.6) is 0 Å². The van der Waals surface area contributed by atoms with Crippen molar-refractivity contribution in [1.82, 2.24) is 15.5 Å². The van der Waals surface area contributed by atoms with Gasteiger partial charge in [0.2, 0.25) is 5.91 Å². The van der Waals surface area contributed by atoms with Crippen molar-refractivity contribution in [2.24, 2.45) is 4.99 Å². The summed E-state index contributed by atoms with van der Waals surface area (Å²) in [6, 6.07) is 0.531. The molecule has 0 aromatic rings. The van der Waals surface area contributed by atoms with E-state index in [-0.39, 0.29) is 30.0 Å². The van der Waals surface area contributed by atoms with Gasteiger partial charge in [-0.1, -0.05) is 6.92 Å². The van der Waals surface area contributed by atoms with E-state index >= 15 is 0 Å². The molecule has 0 aromatic carbocycles. The van der Waals surface area contributed by atoms with Crippen LogP contribution in [0.4, 0.5) is 0 Å². The van der Waals surface area contributed by atoms with E-state index in [0.29, 0.717) is 25.0 Å². The summed E-state index contributed by atoms with van der Waals surface area (Å²) in [6.07, 6.45) is 3.61. The second-order valence-electron chi connectivity index (χ2n) is 5.80. The fourth-order valence-corrected chi connectivity index (χ4v) is 2.81. The number of hydrogen-bond donors (Lipinski definition) is 2. The van der Waals surface area contributed by atoms with Crippen LogP contribution in [0.1, 0.15) is 46.5 Å². The van der Waals surface area contributed by atoms with Crippen LogP contribution >= 0.6 is 24.0 Å². The molecule has 2 N–H and O–H groups in total. The summed E-state index contributed by atoms with van der Waals surface area (Å²) in [5.41, 5.74) is 0. The first kappa shape index (κ1) is 22.4. The molecule has 136 valence electrons. The lowest BCUT2D eigenvalue weighted by Crippen LogP contribution is -2.44. The van der Waals surface area contributed by atoms with Gasteiger partial charge in [0.15, 0.2) is 5.96 Å². The van der Waals surface area contributed by atoms with E-state index in [1.807, 2.05) is 4.90 Å². The Kier molecular flexibility index (Phi) is 12.5. The highest BCUT2D eigenvalue weighted by atomic mass is 127. The largest absolute Gasteiger partial charge is 0.383 e. The SMILES string of the molecule is CCNC(=NCCC(CC)N1CCCC1=O)NC(C)COC.I. The highest BCUT2D eigenvalue weighted by Gasteiger charge is 2.26. The van der Waals surface area contributed by atoms with Gasteiger partial charge in [0.1, 0.15) is 0 Å². The molecule has 1 aliphatic rings. The number of aliphatic imine (C=N–C) groups is 1. The van der Waals surface area contributed by atoms with Gasteiger partial charge in [-0.15, -0.1) is 24.0 Å². The molecule has 1 aliphatic heterocycles. The number of hydrogen-bond acceptors (Lipinski definition) is 3. The van der Waals surface area contributed by atoms with Gasteiger partial charge in [0.25, 0.3) is 0 Å². The van der Waals surface area contributed by atoms with Crippen LogP contribution in [0, 0.1) is 0 Å². The second-order valence-corrected chi connectivity index (χ2v) is 5.80. The maximum atomic E-state index is 11.8. The number of halogens is 1. The van der Waals surface area contributed by atoms with Crippen LogP contribution < -0.4 is 10.6 Å². The van der Waals surface area contributed by atoms with Crippen molar-refractivity contribution in [3.05, 3.63) is 0 Å². The minimum atomic E-state index is 0. The highest BCUT2D eigenvalue weighted by Crippen LogP contribution is 2.17. The number of ether oxygens (including phenoxy) is 1. The maximum Gasteiger partial charge on any atom is 0.222 e. The molecule has 6 nitrogen and oxygen atoms in total. The van der Waals surface area contributed by atoms with Crippen molar-refractivity contribution in [3.8, 4) is 0 Å². The number of nitrogens with zero attached hydrogens (tertiary/aromatic N) is 2. The zero-order valence-corrected chi connectivity index (χ0v) is 17.3. The van der Waals surface area contributed by atoms with Crippen molar-refractivity contribution < 1.29 is 9.53 Å². The van der Waals surface area contributed by atoms with E-state index in [0.717, 1.165) is 44.9 Å². The number of carbonyl (C=O) groups excluding carboxylic acids is 1. The Morgan fingerprint density at radius 1 is 1.43 bits per heavy atom. The van der Waals surface area contributed by atoms with Crippen LogP contribution in [-0.2, 0) is 9.53 Å². The van der Waals surface area contributed by atoms with Gasteiger partial charge in [0.05, 0.1) is 6.61 Å². The van der Waals surface area contributed by atoms with E-state index < -0.39 is 0 Å². The summed E-state index contributed by atoms with van der Waals surface area (Å²) in [5, 5.41) is 6.57. The van der Waals surface area contributed by atoms with E-state index in [1.165, 1.54) is 0 Å². The third-order valence-electron chi connectivity index (χ3n) is 3.90. The summed E-state index contributed by atoms with van der Waals surface area (Å²) in [7, 11) is 1.70. The van der Waals surface area contributed by atoms with E-state index in [2.05, 4.69) is 36.4 Å². The van der Waals surface area contributed by atoms with Crippen LogP contribution in [0.3, 0.4) is 0 Å². The molecule has 2 unspecified atom stereocenters. The lowest BCUT2D eigenvalue weighted by Gasteiger charge is -2.26. The average Bonchev–Trinajstić information content (AvgIpc) is 2.90. The fraction of sp³-hybridized carbons (Fsp3) is 0.875.